The number of nitrogens with zero attached hydrogens (tertiary/aromatic N) is 2. The van der Waals surface area contributed by atoms with E-state index in [1.165, 1.54) is 0 Å². The summed E-state index contributed by atoms with van der Waals surface area (Å²) >= 11 is 12.1. The number of nitrogens with one attached hydrogen (secondary N) is 1. The first-order chi connectivity index (χ1) is 12.2. The van der Waals surface area contributed by atoms with Crippen molar-refractivity contribution in [2.75, 3.05) is 0 Å². The van der Waals surface area contributed by atoms with Gasteiger partial charge in [0, 0.05) is 22.9 Å². The smallest absolute Gasteiger partial charge is 0.224 e. The van der Waals surface area contributed by atoms with Gasteiger partial charge in [-0.15, -0.1) is 0 Å². The molecule has 0 fully saturated rings. The molecule has 0 saturated heterocycles. The second kappa shape index (κ2) is 6.02. The zero-order valence-electron chi connectivity index (χ0n) is 14.8. The van der Waals surface area contributed by atoms with Crippen LogP contribution >= 0.6 is 23.2 Å². The van der Waals surface area contributed by atoms with E-state index in [1.807, 2.05) is 20.8 Å². The van der Waals surface area contributed by atoms with Crippen molar-refractivity contribution in [1.82, 2.24) is 15.0 Å². The third-order valence-electron chi connectivity index (χ3n) is 5.21. The van der Waals surface area contributed by atoms with Crippen molar-refractivity contribution in [3.05, 3.63) is 54.9 Å². The summed E-state index contributed by atoms with van der Waals surface area (Å²) in [6, 6.07) is 1.64. The number of H-pyrrole nitrogens is 1. The fourth-order valence-corrected chi connectivity index (χ4v) is 4.05. The Morgan fingerprint density at radius 2 is 1.88 bits per heavy atom. The average Bonchev–Trinajstić information content (AvgIpc) is 3.05. The number of aromatic amines is 1. The molecule has 1 atom stereocenters. The van der Waals surface area contributed by atoms with Crippen LogP contribution < -0.4 is 5.43 Å². The van der Waals surface area contributed by atoms with Gasteiger partial charge < -0.3 is 14.5 Å². The monoisotopic (exact) mass is 395 g/mol. The largest absolute Gasteiger partial charge is 0.364 e. The van der Waals surface area contributed by atoms with Crippen molar-refractivity contribution >= 4 is 23.2 Å². The summed E-state index contributed by atoms with van der Waals surface area (Å²) in [5, 5.41) is 0.434. The van der Waals surface area contributed by atoms with Gasteiger partial charge >= 0.3 is 0 Å². The van der Waals surface area contributed by atoms with E-state index in [1.54, 1.807) is 6.07 Å². The summed E-state index contributed by atoms with van der Waals surface area (Å²) in [6.45, 7) is 6.56. The number of halogens is 2. The maximum absolute atomic E-state index is 12.4. The van der Waals surface area contributed by atoms with Crippen LogP contribution in [-0.2, 0) is 40.3 Å². The molecule has 0 aromatic carbocycles. The number of rotatable bonds is 3. The molecular formula is C18H19Cl2N3O3. The van der Waals surface area contributed by atoms with E-state index in [-0.39, 0.29) is 10.7 Å². The molecule has 2 aliphatic rings. The third kappa shape index (κ3) is 2.85. The summed E-state index contributed by atoms with van der Waals surface area (Å²) in [7, 11) is 0. The van der Waals surface area contributed by atoms with Crippen LogP contribution in [0.3, 0.4) is 0 Å². The second-order valence-electron chi connectivity index (χ2n) is 7.44. The van der Waals surface area contributed by atoms with Gasteiger partial charge in [0.15, 0.2) is 5.43 Å². The third-order valence-corrected chi connectivity index (χ3v) is 5.69. The minimum Gasteiger partial charge on any atom is -0.364 e. The standard InChI is InChI=1S/C18H19Cl2N3O3/c1-17(2)13-10(7-25-17)12(24)6-9(21-13)4-5-18(3)14-11(8-26-18)15(19)23-16(20)22-14/h6H,4-5,7-8H2,1-3H3,(H,21,24). The summed E-state index contributed by atoms with van der Waals surface area (Å²) in [5.41, 5.74) is 2.78. The number of pyridine rings is 1. The molecule has 2 aromatic rings. The van der Waals surface area contributed by atoms with E-state index in [0.717, 1.165) is 22.6 Å². The topological polar surface area (TPSA) is 77.1 Å². The van der Waals surface area contributed by atoms with Gasteiger partial charge in [-0.25, -0.2) is 9.97 Å². The van der Waals surface area contributed by atoms with Gasteiger partial charge in [0.05, 0.1) is 24.6 Å². The Bertz CT molecular complexity index is 957. The van der Waals surface area contributed by atoms with E-state index in [2.05, 4.69) is 15.0 Å². The van der Waals surface area contributed by atoms with Gasteiger partial charge in [-0.1, -0.05) is 11.6 Å². The van der Waals surface area contributed by atoms with Crippen LogP contribution in [0.5, 0.6) is 0 Å². The zero-order chi connectivity index (χ0) is 18.7. The minimum absolute atomic E-state index is 0.00522. The van der Waals surface area contributed by atoms with E-state index in [9.17, 15) is 4.79 Å². The summed E-state index contributed by atoms with van der Waals surface area (Å²) in [5.74, 6) is 0. The van der Waals surface area contributed by atoms with Gasteiger partial charge in [0.25, 0.3) is 0 Å². The Balaban J connectivity index is 1.62. The molecule has 4 rings (SSSR count). The Morgan fingerprint density at radius 1 is 1.15 bits per heavy atom. The summed E-state index contributed by atoms with van der Waals surface area (Å²) in [4.78, 5) is 24.1. The van der Waals surface area contributed by atoms with Gasteiger partial charge in [-0.3, -0.25) is 4.79 Å². The van der Waals surface area contributed by atoms with Crippen LogP contribution in [0.2, 0.25) is 10.4 Å². The Labute approximate surface area is 160 Å². The van der Waals surface area contributed by atoms with Gasteiger partial charge in [0.2, 0.25) is 5.28 Å². The molecule has 0 spiro atoms. The van der Waals surface area contributed by atoms with E-state index in [0.29, 0.717) is 36.8 Å². The molecule has 138 valence electrons. The second-order valence-corrected chi connectivity index (χ2v) is 8.14. The normalized spacial score (nSPS) is 23.1. The lowest BCUT2D eigenvalue weighted by Crippen LogP contribution is -2.24. The fourth-order valence-electron chi connectivity index (χ4n) is 3.62. The van der Waals surface area contributed by atoms with Crippen molar-refractivity contribution < 1.29 is 9.47 Å². The minimum atomic E-state index is -0.631. The number of hydrogen-bond donors (Lipinski definition) is 1. The lowest BCUT2D eigenvalue weighted by atomic mass is 9.93. The van der Waals surface area contributed by atoms with Gasteiger partial charge in [-0.2, -0.15) is 0 Å². The highest BCUT2D eigenvalue weighted by molar-refractivity contribution is 6.32. The zero-order valence-corrected chi connectivity index (χ0v) is 16.3. The van der Waals surface area contributed by atoms with Crippen LogP contribution in [-0.4, -0.2) is 15.0 Å². The number of fused-ring (bicyclic) bond motifs is 2. The highest BCUT2D eigenvalue weighted by atomic mass is 35.5. The first-order valence-electron chi connectivity index (χ1n) is 8.45. The molecule has 6 nitrogen and oxygen atoms in total. The maximum Gasteiger partial charge on any atom is 0.224 e. The molecule has 0 amide bonds. The van der Waals surface area contributed by atoms with Crippen LogP contribution in [0.25, 0.3) is 0 Å². The predicted octanol–water partition coefficient (Wildman–Crippen LogP) is 3.62. The molecule has 0 bridgehead atoms. The van der Waals surface area contributed by atoms with Crippen molar-refractivity contribution in [2.24, 2.45) is 0 Å². The van der Waals surface area contributed by atoms with E-state index in [4.69, 9.17) is 32.7 Å². The first kappa shape index (κ1) is 17.9. The molecule has 8 heteroatoms. The van der Waals surface area contributed by atoms with Crippen molar-refractivity contribution in [3.63, 3.8) is 0 Å². The fraction of sp³-hybridized carbons (Fsp3) is 0.500. The predicted molar refractivity (Wildman–Crippen MR) is 97.4 cm³/mol. The van der Waals surface area contributed by atoms with E-state index >= 15 is 0 Å². The molecule has 2 aliphatic heterocycles. The lowest BCUT2D eigenvalue weighted by molar-refractivity contribution is -0.0317. The number of hydrogen-bond acceptors (Lipinski definition) is 5. The number of aromatic nitrogens is 3. The molecule has 2 aromatic heterocycles. The highest BCUT2D eigenvalue weighted by Crippen LogP contribution is 2.41. The van der Waals surface area contributed by atoms with Crippen LogP contribution in [0.1, 0.15) is 55.4 Å². The maximum atomic E-state index is 12.4. The first-order valence-corrected chi connectivity index (χ1v) is 9.21. The van der Waals surface area contributed by atoms with Gasteiger partial charge in [-0.05, 0) is 45.2 Å². The molecular weight excluding hydrogens is 377 g/mol. The van der Waals surface area contributed by atoms with Crippen molar-refractivity contribution in [3.8, 4) is 0 Å². The van der Waals surface area contributed by atoms with Gasteiger partial charge in [0.1, 0.15) is 16.4 Å². The Morgan fingerprint density at radius 3 is 2.65 bits per heavy atom. The summed E-state index contributed by atoms with van der Waals surface area (Å²) in [6.07, 6.45) is 1.24. The van der Waals surface area contributed by atoms with Crippen molar-refractivity contribution in [1.29, 1.82) is 0 Å². The molecule has 0 radical (unpaired) electrons. The summed E-state index contributed by atoms with van der Waals surface area (Å²) < 4.78 is 11.7. The van der Waals surface area contributed by atoms with Crippen LogP contribution in [0.4, 0.5) is 0 Å². The molecule has 0 aliphatic carbocycles. The Hall–Kier alpha value is -1.47. The molecule has 4 heterocycles. The molecule has 1 unspecified atom stereocenters. The average molecular weight is 396 g/mol. The number of aryl methyl sites for hydroxylation is 1. The lowest BCUT2D eigenvalue weighted by Gasteiger charge is -2.24. The molecule has 1 N–H and O–H groups in total. The van der Waals surface area contributed by atoms with Crippen molar-refractivity contribution in [2.45, 2.75) is 58.0 Å². The Kier molecular flexibility index (Phi) is 4.15. The molecule has 0 saturated carbocycles. The van der Waals surface area contributed by atoms with E-state index < -0.39 is 11.2 Å². The number of ether oxygens (including phenoxy) is 2. The van der Waals surface area contributed by atoms with Crippen LogP contribution in [0, 0.1) is 0 Å². The quantitative estimate of drug-likeness (QED) is 0.634. The SMILES string of the molecule is CC1(C)OCc2c1[nH]c(CCC1(C)OCc3c(Cl)nc(Cl)nc31)cc2=O. The highest BCUT2D eigenvalue weighted by Gasteiger charge is 2.39. The van der Waals surface area contributed by atoms with Crippen LogP contribution in [0.15, 0.2) is 10.9 Å². The molecule has 26 heavy (non-hydrogen) atoms.